The molecule has 0 saturated carbocycles. The zero-order chi connectivity index (χ0) is 28.1. The number of ether oxygens (including phenoxy) is 4. The summed E-state index contributed by atoms with van der Waals surface area (Å²) in [6.45, 7) is 2.25. The second-order valence-electron chi connectivity index (χ2n) is 10.4. The quantitative estimate of drug-likeness (QED) is 0.294. The first-order valence-electron chi connectivity index (χ1n) is 12.9. The minimum Gasteiger partial charge on any atom is -0.504 e. The van der Waals surface area contributed by atoms with E-state index in [2.05, 4.69) is 4.90 Å². The number of likely N-dealkylation sites (tertiary alicyclic amines) is 1. The number of hydrogen-bond acceptors (Lipinski definition) is 11. The van der Waals surface area contributed by atoms with Crippen molar-refractivity contribution in [2.75, 3.05) is 20.2 Å². The van der Waals surface area contributed by atoms with Gasteiger partial charge in [0.25, 0.3) is 0 Å². The van der Waals surface area contributed by atoms with Crippen molar-refractivity contribution in [3.63, 3.8) is 0 Å². The van der Waals surface area contributed by atoms with Crippen LogP contribution in [0.2, 0.25) is 0 Å². The number of phenols is 1. The van der Waals surface area contributed by atoms with Crippen LogP contribution in [-0.4, -0.2) is 88.1 Å². The Balaban J connectivity index is 0.00000370. The third kappa shape index (κ3) is 4.48. The Labute approximate surface area is 231 Å². The molecule has 3 N–H and O–H groups in total. The van der Waals surface area contributed by atoms with Crippen molar-refractivity contribution in [1.29, 1.82) is 0 Å². The van der Waals surface area contributed by atoms with Gasteiger partial charge in [-0.3, -0.25) is 14.4 Å². The highest BCUT2D eigenvalue weighted by Crippen LogP contribution is 2.65. The van der Waals surface area contributed by atoms with Crippen molar-refractivity contribution in [2.24, 2.45) is 0 Å². The maximum absolute atomic E-state index is 13.3. The van der Waals surface area contributed by atoms with Gasteiger partial charge in [-0.15, -0.1) is 0 Å². The summed E-state index contributed by atoms with van der Waals surface area (Å²) in [5, 5.41) is 31.6. The first kappa shape index (κ1) is 29.3. The van der Waals surface area contributed by atoms with Crippen molar-refractivity contribution in [3.05, 3.63) is 35.1 Å². The number of benzene rings is 1. The number of aliphatic carboxylic acids is 1. The molecule has 40 heavy (non-hydrogen) atoms. The summed E-state index contributed by atoms with van der Waals surface area (Å²) in [7, 11) is 1.95. The molecule has 2 aliphatic heterocycles. The lowest BCUT2D eigenvalue weighted by molar-refractivity contribution is -0.178. The van der Waals surface area contributed by atoms with Gasteiger partial charge in [0.15, 0.2) is 17.6 Å². The summed E-state index contributed by atoms with van der Waals surface area (Å²) >= 11 is 0. The molecule has 1 saturated heterocycles. The van der Waals surface area contributed by atoms with E-state index in [1.807, 2.05) is 13.1 Å². The lowest BCUT2D eigenvalue weighted by Crippen LogP contribution is -2.74. The molecule has 1 fully saturated rings. The highest BCUT2D eigenvalue weighted by molar-refractivity contribution is 5.86. The molecule has 5 rings (SSSR count). The number of carbonyl (C=O) groups is 4. The molecule has 12 nitrogen and oxygen atoms in total. The largest absolute Gasteiger partial charge is 0.504 e. The first-order valence-corrected chi connectivity index (χ1v) is 12.9. The molecule has 0 radical (unpaired) electrons. The van der Waals surface area contributed by atoms with Crippen molar-refractivity contribution >= 4 is 23.9 Å². The van der Waals surface area contributed by atoms with E-state index in [9.17, 15) is 29.4 Å². The smallest absolute Gasteiger partial charge is 0.353 e. The van der Waals surface area contributed by atoms with Crippen LogP contribution >= 0.6 is 0 Å². The van der Waals surface area contributed by atoms with Crippen LogP contribution in [0, 0.1) is 0 Å². The van der Waals surface area contributed by atoms with Gasteiger partial charge in [-0.05, 0) is 51.1 Å². The fourth-order valence-electron chi connectivity index (χ4n) is 6.59. The number of carboxylic acid groups (broad SMARTS) is 1. The fraction of sp³-hybridized carbons (Fsp3) is 0.571. The van der Waals surface area contributed by atoms with E-state index in [0.717, 1.165) is 5.56 Å². The molecular formula is C28H35NO11. The van der Waals surface area contributed by atoms with Gasteiger partial charge in [-0.1, -0.05) is 13.5 Å². The van der Waals surface area contributed by atoms with E-state index in [1.54, 1.807) is 19.1 Å². The predicted octanol–water partition coefficient (Wildman–Crippen LogP) is 1.58. The normalized spacial score (nSPS) is 28.1. The van der Waals surface area contributed by atoms with Crippen LogP contribution in [0.15, 0.2) is 24.0 Å². The van der Waals surface area contributed by atoms with E-state index in [0.29, 0.717) is 24.9 Å². The summed E-state index contributed by atoms with van der Waals surface area (Å²) in [5.41, 5.74) is -0.610. The SMILES string of the molecule is C.CCOC(=O)C[C@H](OC(=O)CCC(=O)O)C(=O)OC1=CC[C@@]2(O)[C@H]3Cc4ccc(O)c5c4[C@@]2(CCN3C)[C@H]1O5. The van der Waals surface area contributed by atoms with E-state index in [-0.39, 0.29) is 43.8 Å². The summed E-state index contributed by atoms with van der Waals surface area (Å²) in [6, 6.07) is 3.13. The monoisotopic (exact) mass is 561 g/mol. The lowest BCUT2D eigenvalue weighted by atomic mass is 9.50. The zero-order valence-electron chi connectivity index (χ0n) is 21.7. The number of hydrogen-bond donors (Lipinski definition) is 3. The number of likely N-dealkylation sites (N-methyl/N-ethyl adjacent to an activating group) is 1. The Hall–Kier alpha value is -3.64. The summed E-state index contributed by atoms with van der Waals surface area (Å²) in [6.07, 6.45) is -1.55. The maximum atomic E-state index is 13.3. The predicted molar refractivity (Wildman–Crippen MR) is 137 cm³/mol. The second-order valence-corrected chi connectivity index (χ2v) is 10.4. The number of esters is 3. The van der Waals surface area contributed by atoms with Crippen LogP contribution < -0.4 is 4.74 Å². The van der Waals surface area contributed by atoms with Crippen LogP contribution in [0.5, 0.6) is 11.5 Å². The summed E-state index contributed by atoms with van der Waals surface area (Å²) in [5.74, 6) is -3.85. The highest BCUT2D eigenvalue weighted by atomic mass is 16.6. The molecule has 0 amide bonds. The first-order chi connectivity index (χ1) is 18.5. The Morgan fingerprint density at radius 1 is 1.20 bits per heavy atom. The third-order valence-electron chi connectivity index (χ3n) is 8.31. The van der Waals surface area contributed by atoms with Crippen molar-refractivity contribution in [1.82, 2.24) is 4.90 Å². The van der Waals surface area contributed by atoms with Crippen molar-refractivity contribution < 1.29 is 53.4 Å². The summed E-state index contributed by atoms with van der Waals surface area (Å²) in [4.78, 5) is 50.6. The second kappa shape index (κ2) is 10.7. The number of carbonyl (C=O) groups excluding carboxylic acids is 3. The average Bonchev–Trinajstić information content (AvgIpc) is 3.24. The Bertz CT molecular complexity index is 1260. The van der Waals surface area contributed by atoms with E-state index in [4.69, 9.17) is 24.1 Å². The number of aliphatic hydroxyl groups is 1. The molecule has 2 aliphatic carbocycles. The van der Waals surface area contributed by atoms with Gasteiger partial charge >= 0.3 is 23.9 Å². The number of rotatable bonds is 9. The average molecular weight is 562 g/mol. The van der Waals surface area contributed by atoms with Crippen LogP contribution in [0.1, 0.15) is 57.6 Å². The number of nitrogens with zero attached hydrogens (tertiary/aromatic N) is 1. The Kier molecular flexibility index (Phi) is 7.88. The summed E-state index contributed by atoms with van der Waals surface area (Å²) < 4.78 is 22.0. The number of aromatic hydroxyl groups is 1. The van der Waals surface area contributed by atoms with Crippen LogP contribution in [-0.2, 0) is 45.2 Å². The van der Waals surface area contributed by atoms with Gasteiger partial charge in [-0.2, -0.15) is 0 Å². The molecule has 12 heteroatoms. The van der Waals surface area contributed by atoms with Gasteiger partial charge in [0.1, 0.15) is 5.76 Å². The van der Waals surface area contributed by atoms with E-state index in [1.165, 1.54) is 0 Å². The van der Waals surface area contributed by atoms with Crippen LogP contribution in [0.25, 0.3) is 0 Å². The number of phenolic OH excluding ortho intramolecular Hbond substituents is 1. The highest BCUT2D eigenvalue weighted by Gasteiger charge is 2.72. The van der Waals surface area contributed by atoms with Crippen LogP contribution in [0.3, 0.4) is 0 Å². The van der Waals surface area contributed by atoms with Gasteiger partial charge < -0.3 is 39.2 Å². The van der Waals surface area contributed by atoms with E-state index < -0.39 is 66.4 Å². The molecule has 218 valence electrons. The molecule has 0 aromatic heterocycles. The van der Waals surface area contributed by atoms with Gasteiger partial charge in [0.05, 0.1) is 36.9 Å². The van der Waals surface area contributed by atoms with Gasteiger partial charge in [-0.25, -0.2) is 4.79 Å². The minimum atomic E-state index is -1.69. The molecule has 5 atom stereocenters. The van der Waals surface area contributed by atoms with Crippen molar-refractivity contribution in [3.8, 4) is 11.5 Å². The third-order valence-corrected chi connectivity index (χ3v) is 8.31. The fourth-order valence-corrected chi connectivity index (χ4v) is 6.59. The molecule has 1 spiro atoms. The molecule has 0 unspecified atom stereocenters. The molecular weight excluding hydrogens is 526 g/mol. The zero-order valence-corrected chi connectivity index (χ0v) is 21.7. The Morgan fingerprint density at radius 3 is 2.65 bits per heavy atom. The maximum Gasteiger partial charge on any atom is 0.353 e. The van der Waals surface area contributed by atoms with Crippen LogP contribution in [0.4, 0.5) is 0 Å². The minimum absolute atomic E-state index is 0. The standard InChI is InChI=1S/C27H31NO11.CH4/c1-3-36-21(33)13-17(37-20(32)7-6-19(30)31)25(34)38-16-8-9-27(35)18-12-14-4-5-15(29)23-22(14)26(27,24(16)39-23)10-11-28(18)2;/h4-5,8,17-18,24,29,35H,3,6-7,9-13H2,1-2H3,(H,30,31);1H4/t17-,18+,24-,26-,27+;/m0./s1. The molecule has 2 heterocycles. The molecule has 2 bridgehead atoms. The topological polar surface area (TPSA) is 169 Å². The molecule has 4 aliphatic rings. The molecule has 1 aromatic carbocycles. The van der Waals surface area contributed by atoms with E-state index >= 15 is 0 Å². The van der Waals surface area contributed by atoms with Gasteiger partial charge in [0.2, 0.25) is 6.10 Å². The van der Waals surface area contributed by atoms with Crippen molar-refractivity contribution in [2.45, 2.75) is 82.1 Å². The Morgan fingerprint density at radius 2 is 1.95 bits per heavy atom. The molecule has 1 aromatic rings. The van der Waals surface area contributed by atoms with Gasteiger partial charge in [0, 0.05) is 18.0 Å². The number of piperidine rings is 1. The number of carboxylic acids is 1. The lowest BCUT2D eigenvalue weighted by Gasteiger charge is -2.61.